The average molecular weight is 216 g/mol. The van der Waals surface area contributed by atoms with Gasteiger partial charge in [0.2, 0.25) is 0 Å². The summed E-state index contributed by atoms with van der Waals surface area (Å²) < 4.78 is 9.68. The van der Waals surface area contributed by atoms with Crippen molar-refractivity contribution >= 4 is 6.09 Å². The largest absolute Gasteiger partial charge is 0.453 e. The number of amides is 1. The summed E-state index contributed by atoms with van der Waals surface area (Å²) in [5.74, 6) is 0. The summed E-state index contributed by atoms with van der Waals surface area (Å²) in [6.07, 6.45) is 2.03. The molecular formula is C10H20N2O3. The normalized spacial score (nSPS) is 20.3. The highest BCUT2D eigenvalue weighted by Gasteiger charge is 2.21. The van der Waals surface area contributed by atoms with E-state index < -0.39 is 0 Å². The van der Waals surface area contributed by atoms with Gasteiger partial charge in [0.1, 0.15) is 0 Å². The zero-order valence-corrected chi connectivity index (χ0v) is 9.49. The molecule has 0 radical (unpaired) electrons. The van der Waals surface area contributed by atoms with Crippen molar-refractivity contribution in [1.82, 2.24) is 10.2 Å². The fourth-order valence-electron chi connectivity index (χ4n) is 1.77. The first-order chi connectivity index (χ1) is 7.27. The number of nitrogens with zero attached hydrogens (tertiary/aromatic N) is 1. The van der Waals surface area contributed by atoms with E-state index in [2.05, 4.69) is 5.32 Å². The molecule has 0 aliphatic carbocycles. The third kappa shape index (κ3) is 4.05. The van der Waals surface area contributed by atoms with E-state index in [1.807, 2.05) is 0 Å². The molecule has 0 aromatic rings. The number of ether oxygens (including phenoxy) is 2. The summed E-state index contributed by atoms with van der Waals surface area (Å²) in [6, 6.07) is 0.404. The summed E-state index contributed by atoms with van der Waals surface area (Å²) in [4.78, 5) is 13.1. The van der Waals surface area contributed by atoms with Gasteiger partial charge in [0.15, 0.2) is 0 Å². The number of nitrogens with one attached hydrogen (secondary N) is 1. The maximum absolute atomic E-state index is 11.4. The van der Waals surface area contributed by atoms with E-state index in [1.54, 1.807) is 12.0 Å². The van der Waals surface area contributed by atoms with Crippen LogP contribution in [-0.4, -0.2) is 57.5 Å². The molecule has 15 heavy (non-hydrogen) atoms. The predicted molar refractivity (Wildman–Crippen MR) is 56.9 cm³/mol. The molecule has 1 heterocycles. The van der Waals surface area contributed by atoms with Crippen molar-refractivity contribution < 1.29 is 14.3 Å². The van der Waals surface area contributed by atoms with Crippen molar-refractivity contribution in [3.8, 4) is 0 Å². The van der Waals surface area contributed by atoms with Crippen molar-refractivity contribution in [3.63, 3.8) is 0 Å². The van der Waals surface area contributed by atoms with Gasteiger partial charge in [0.25, 0.3) is 0 Å². The number of rotatable bonds is 5. The molecular weight excluding hydrogens is 196 g/mol. The molecule has 1 N–H and O–H groups in total. The zero-order valence-electron chi connectivity index (χ0n) is 9.49. The van der Waals surface area contributed by atoms with Gasteiger partial charge in [-0.2, -0.15) is 0 Å². The maximum Gasteiger partial charge on any atom is 0.409 e. The van der Waals surface area contributed by atoms with Crippen LogP contribution >= 0.6 is 0 Å². The van der Waals surface area contributed by atoms with Crippen LogP contribution in [0.15, 0.2) is 0 Å². The van der Waals surface area contributed by atoms with Gasteiger partial charge in [0, 0.05) is 26.2 Å². The summed E-state index contributed by atoms with van der Waals surface area (Å²) >= 11 is 0. The molecule has 0 aromatic carbocycles. The van der Waals surface area contributed by atoms with E-state index >= 15 is 0 Å². The zero-order chi connectivity index (χ0) is 11.1. The minimum Gasteiger partial charge on any atom is -0.453 e. The molecule has 1 saturated heterocycles. The Morgan fingerprint density at radius 3 is 2.87 bits per heavy atom. The standard InChI is InChI=1S/C10H20N2O3/c1-14-7-6-12(10(13)15-2)8-9-4-3-5-11-9/h9,11H,3-8H2,1-2H3. The molecule has 5 heteroatoms. The second-order valence-electron chi connectivity index (χ2n) is 3.70. The quantitative estimate of drug-likeness (QED) is 0.725. The smallest absolute Gasteiger partial charge is 0.409 e. The fourth-order valence-corrected chi connectivity index (χ4v) is 1.77. The van der Waals surface area contributed by atoms with Crippen LogP contribution in [0.25, 0.3) is 0 Å². The van der Waals surface area contributed by atoms with E-state index in [0.717, 1.165) is 13.0 Å². The van der Waals surface area contributed by atoms with Gasteiger partial charge in [-0.25, -0.2) is 4.79 Å². The third-order valence-electron chi connectivity index (χ3n) is 2.60. The van der Waals surface area contributed by atoms with Crippen molar-refractivity contribution in [2.24, 2.45) is 0 Å². The van der Waals surface area contributed by atoms with Crippen LogP contribution < -0.4 is 5.32 Å². The molecule has 1 aliphatic heterocycles. The Bertz CT molecular complexity index is 193. The highest BCUT2D eigenvalue weighted by atomic mass is 16.5. The second-order valence-corrected chi connectivity index (χ2v) is 3.70. The van der Waals surface area contributed by atoms with Gasteiger partial charge >= 0.3 is 6.09 Å². The minimum atomic E-state index is -0.277. The summed E-state index contributed by atoms with van der Waals surface area (Å²) in [5.41, 5.74) is 0. The predicted octanol–water partition coefficient (Wildman–Crippen LogP) is 0.453. The lowest BCUT2D eigenvalue weighted by Crippen LogP contribution is -2.42. The van der Waals surface area contributed by atoms with Gasteiger partial charge in [-0.3, -0.25) is 0 Å². The summed E-state index contributed by atoms with van der Waals surface area (Å²) in [6.45, 7) is 2.88. The van der Waals surface area contributed by atoms with Crippen LogP contribution in [0.1, 0.15) is 12.8 Å². The van der Waals surface area contributed by atoms with Gasteiger partial charge in [-0.15, -0.1) is 0 Å². The molecule has 1 fully saturated rings. The maximum atomic E-state index is 11.4. The minimum absolute atomic E-state index is 0.277. The number of hydrogen-bond donors (Lipinski definition) is 1. The Hall–Kier alpha value is -0.810. The lowest BCUT2D eigenvalue weighted by molar-refractivity contribution is 0.0997. The van der Waals surface area contributed by atoms with Crippen LogP contribution in [-0.2, 0) is 9.47 Å². The molecule has 0 aromatic heterocycles. The van der Waals surface area contributed by atoms with Gasteiger partial charge < -0.3 is 19.7 Å². The van der Waals surface area contributed by atoms with Crippen molar-refractivity contribution in [3.05, 3.63) is 0 Å². The van der Waals surface area contributed by atoms with Crippen LogP contribution in [0.5, 0.6) is 0 Å². The Morgan fingerprint density at radius 2 is 2.33 bits per heavy atom. The number of carbonyl (C=O) groups is 1. The SMILES string of the molecule is COCCN(CC1CCCN1)C(=O)OC. The van der Waals surface area contributed by atoms with Gasteiger partial charge in [0.05, 0.1) is 13.7 Å². The topological polar surface area (TPSA) is 50.8 Å². The van der Waals surface area contributed by atoms with Crippen LogP contribution in [0.4, 0.5) is 4.79 Å². The fraction of sp³-hybridized carbons (Fsp3) is 0.900. The summed E-state index contributed by atoms with van der Waals surface area (Å²) in [7, 11) is 3.04. The first kappa shape index (κ1) is 12.3. The molecule has 5 nitrogen and oxygen atoms in total. The molecule has 1 atom stereocenters. The molecule has 0 bridgehead atoms. The molecule has 88 valence electrons. The van der Waals surface area contributed by atoms with E-state index in [0.29, 0.717) is 25.7 Å². The Kier molecular flexibility index (Phi) is 5.42. The second kappa shape index (κ2) is 6.63. The van der Waals surface area contributed by atoms with Crippen LogP contribution in [0.3, 0.4) is 0 Å². The van der Waals surface area contributed by atoms with E-state index in [9.17, 15) is 4.79 Å². The molecule has 1 unspecified atom stereocenters. The lowest BCUT2D eigenvalue weighted by Gasteiger charge is -2.24. The first-order valence-electron chi connectivity index (χ1n) is 5.33. The molecule has 0 saturated carbocycles. The lowest BCUT2D eigenvalue weighted by atomic mass is 10.2. The van der Waals surface area contributed by atoms with Crippen LogP contribution in [0, 0.1) is 0 Å². The van der Waals surface area contributed by atoms with Crippen molar-refractivity contribution in [1.29, 1.82) is 0 Å². The van der Waals surface area contributed by atoms with Crippen molar-refractivity contribution in [2.45, 2.75) is 18.9 Å². The molecule has 1 aliphatic rings. The van der Waals surface area contributed by atoms with Crippen LogP contribution in [0.2, 0.25) is 0 Å². The summed E-state index contributed by atoms with van der Waals surface area (Å²) in [5, 5.41) is 3.35. The van der Waals surface area contributed by atoms with Gasteiger partial charge in [-0.1, -0.05) is 0 Å². The highest BCUT2D eigenvalue weighted by Crippen LogP contribution is 2.07. The average Bonchev–Trinajstić information content (AvgIpc) is 2.75. The van der Waals surface area contributed by atoms with Crippen molar-refractivity contribution in [2.75, 3.05) is 40.5 Å². The number of hydrogen-bond acceptors (Lipinski definition) is 4. The molecule has 1 rings (SSSR count). The van der Waals surface area contributed by atoms with E-state index in [1.165, 1.54) is 13.5 Å². The first-order valence-corrected chi connectivity index (χ1v) is 5.33. The van der Waals surface area contributed by atoms with Gasteiger partial charge in [-0.05, 0) is 19.4 Å². The highest BCUT2D eigenvalue weighted by molar-refractivity contribution is 5.67. The Labute approximate surface area is 90.7 Å². The molecule has 0 spiro atoms. The van der Waals surface area contributed by atoms with E-state index in [-0.39, 0.29) is 6.09 Å². The number of carbonyl (C=O) groups excluding carboxylic acids is 1. The Balaban J connectivity index is 2.36. The molecule has 1 amide bonds. The Morgan fingerprint density at radius 1 is 1.53 bits per heavy atom. The number of methoxy groups -OCH3 is 2. The third-order valence-corrected chi connectivity index (χ3v) is 2.60. The van der Waals surface area contributed by atoms with E-state index in [4.69, 9.17) is 9.47 Å². The monoisotopic (exact) mass is 216 g/mol.